The van der Waals surface area contributed by atoms with Crippen molar-refractivity contribution >= 4 is 34.8 Å². The molecule has 0 bridgehead atoms. The number of piperidine rings is 1. The lowest BCUT2D eigenvalue weighted by Crippen LogP contribution is -2.33. The second-order valence-corrected chi connectivity index (χ2v) is 8.08. The Hall–Kier alpha value is -2.48. The Kier molecular flexibility index (Phi) is 7.19. The van der Waals surface area contributed by atoms with E-state index >= 15 is 0 Å². The van der Waals surface area contributed by atoms with Crippen LogP contribution in [0.5, 0.6) is 11.5 Å². The van der Waals surface area contributed by atoms with E-state index in [1.807, 2.05) is 25.1 Å². The van der Waals surface area contributed by atoms with Crippen LogP contribution in [0.15, 0.2) is 28.1 Å². The zero-order valence-corrected chi connectivity index (χ0v) is 18.0. The fourth-order valence-corrected chi connectivity index (χ4v) is 4.01. The molecule has 1 aromatic rings. The number of amidine groups is 1. The molecule has 0 saturated carbocycles. The summed E-state index contributed by atoms with van der Waals surface area (Å²) in [6.45, 7) is 4.20. The zero-order valence-electron chi connectivity index (χ0n) is 17.1. The maximum absolute atomic E-state index is 12.3. The van der Waals surface area contributed by atoms with Crippen molar-refractivity contribution in [3.05, 3.63) is 28.7 Å². The molecule has 0 unspecified atom stereocenters. The third kappa shape index (κ3) is 5.53. The van der Waals surface area contributed by atoms with Gasteiger partial charge >= 0.3 is 0 Å². The molecule has 8 heteroatoms. The second kappa shape index (κ2) is 9.82. The lowest BCUT2D eigenvalue weighted by Gasteiger charge is -2.27. The van der Waals surface area contributed by atoms with Crippen LogP contribution in [0.25, 0.3) is 6.08 Å². The first-order chi connectivity index (χ1) is 14.0. The maximum atomic E-state index is 12.3. The van der Waals surface area contributed by atoms with Gasteiger partial charge in [-0.1, -0.05) is 6.07 Å². The van der Waals surface area contributed by atoms with E-state index in [2.05, 4.69) is 9.89 Å². The van der Waals surface area contributed by atoms with Gasteiger partial charge in [0.15, 0.2) is 23.3 Å². The van der Waals surface area contributed by atoms with Gasteiger partial charge in [0.2, 0.25) is 0 Å². The van der Waals surface area contributed by atoms with Crippen LogP contribution in [0.4, 0.5) is 0 Å². The summed E-state index contributed by atoms with van der Waals surface area (Å²) in [4.78, 5) is 32.6. The van der Waals surface area contributed by atoms with Gasteiger partial charge in [-0.15, -0.1) is 0 Å². The van der Waals surface area contributed by atoms with Crippen molar-refractivity contribution in [2.24, 2.45) is 4.99 Å². The third-order valence-electron chi connectivity index (χ3n) is 4.65. The number of ether oxygens (including phenoxy) is 2. The van der Waals surface area contributed by atoms with E-state index in [0.29, 0.717) is 23.0 Å². The van der Waals surface area contributed by atoms with Crippen molar-refractivity contribution in [2.45, 2.75) is 26.2 Å². The molecule has 1 saturated heterocycles. The fraction of sp³-hybridized carbons (Fsp3) is 0.476. The van der Waals surface area contributed by atoms with E-state index in [1.165, 1.54) is 23.1 Å². The molecule has 7 nitrogen and oxygen atoms in total. The number of aliphatic imine (C=N–C) groups is 1. The molecule has 2 amide bonds. The Morgan fingerprint density at radius 3 is 2.66 bits per heavy atom. The SMILES string of the molecule is CCOc1cc(/C=C2\SC(N3CCCCC3)=NC2=O)ccc1OCC(=O)N(C)C. The largest absolute Gasteiger partial charge is 0.490 e. The molecule has 156 valence electrons. The molecular weight excluding hydrogens is 390 g/mol. The lowest BCUT2D eigenvalue weighted by molar-refractivity contribution is -0.130. The van der Waals surface area contributed by atoms with Gasteiger partial charge in [0, 0.05) is 27.2 Å². The Morgan fingerprint density at radius 1 is 1.21 bits per heavy atom. The van der Waals surface area contributed by atoms with Crippen LogP contribution in [0.1, 0.15) is 31.7 Å². The highest BCUT2D eigenvalue weighted by atomic mass is 32.2. The molecule has 0 atom stereocenters. The summed E-state index contributed by atoms with van der Waals surface area (Å²) < 4.78 is 11.3. The summed E-state index contributed by atoms with van der Waals surface area (Å²) >= 11 is 1.43. The van der Waals surface area contributed by atoms with E-state index in [-0.39, 0.29) is 18.4 Å². The zero-order chi connectivity index (χ0) is 20.8. The average Bonchev–Trinajstić information content (AvgIpc) is 3.08. The summed E-state index contributed by atoms with van der Waals surface area (Å²) in [5.74, 6) is 0.709. The number of carbonyl (C=O) groups is 2. The Bertz CT molecular complexity index is 829. The number of hydrogen-bond donors (Lipinski definition) is 0. The number of rotatable bonds is 6. The Labute approximate surface area is 175 Å². The van der Waals surface area contributed by atoms with Crippen molar-refractivity contribution in [1.29, 1.82) is 0 Å². The van der Waals surface area contributed by atoms with E-state index < -0.39 is 0 Å². The molecule has 2 heterocycles. The van der Waals surface area contributed by atoms with Crippen molar-refractivity contribution in [2.75, 3.05) is 40.4 Å². The van der Waals surface area contributed by atoms with E-state index in [1.54, 1.807) is 20.2 Å². The minimum Gasteiger partial charge on any atom is -0.490 e. The monoisotopic (exact) mass is 417 g/mol. The molecule has 1 aromatic carbocycles. The van der Waals surface area contributed by atoms with Gasteiger partial charge < -0.3 is 19.3 Å². The third-order valence-corrected chi connectivity index (χ3v) is 5.70. The summed E-state index contributed by atoms with van der Waals surface area (Å²) in [5.41, 5.74) is 0.825. The molecule has 2 aliphatic heterocycles. The van der Waals surface area contributed by atoms with Gasteiger partial charge in [0.1, 0.15) is 0 Å². The Balaban J connectivity index is 1.72. The molecule has 0 radical (unpaired) electrons. The van der Waals surface area contributed by atoms with Crippen molar-refractivity contribution in [1.82, 2.24) is 9.80 Å². The quantitative estimate of drug-likeness (QED) is 0.663. The first-order valence-electron chi connectivity index (χ1n) is 9.85. The summed E-state index contributed by atoms with van der Waals surface area (Å²) in [6, 6.07) is 5.42. The van der Waals surface area contributed by atoms with Gasteiger partial charge in [-0.2, -0.15) is 4.99 Å². The Morgan fingerprint density at radius 2 is 1.97 bits per heavy atom. The van der Waals surface area contributed by atoms with Gasteiger partial charge in [-0.05, 0) is 61.7 Å². The minimum absolute atomic E-state index is 0.0606. The normalized spacial score (nSPS) is 18.0. The van der Waals surface area contributed by atoms with Crippen LogP contribution >= 0.6 is 11.8 Å². The number of hydrogen-bond acceptors (Lipinski definition) is 6. The van der Waals surface area contributed by atoms with Crippen LogP contribution in [-0.4, -0.2) is 67.2 Å². The number of benzene rings is 1. The molecule has 29 heavy (non-hydrogen) atoms. The first kappa shape index (κ1) is 21.2. The van der Waals surface area contributed by atoms with Crippen molar-refractivity contribution in [3.63, 3.8) is 0 Å². The predicted octanol–water partition coefficient (Wildman–Crippen LogP) is 3.01. The van der Waals surface area contributed by atoms with Crippen LogP contribution < -0.4 is 9.47 Å². The van der Waals surface area contributed by atoms with Crippen LogP contribution in [-0.2, 0) is 9.59 Å². The molecule has 1 fully saturated rings. The van der Waals surface area contributed by atoms with Crippen molar-refractivity contribution < 1.29 is 19.1 Å². The van der Waals surface area contributed by atoms with E-state index in [4.69, 9.17) is 9.47 Å². The average molecular weight is 418 g/mol. The van der Waals surface area contributed by atoms with Gasteiger partial charge in [0.25, 0.3) is 11.8 Å². The molecule has 0 aliphatic carbocycles. The number of amides is 2. The molecule has 2 aliphatic rings. The maximum Gasteiger partial charge on any atom is 0.286 e. The number of likely N-dealkylation sites (N-methyl/N-ethyl adjacent to an activating group) is 1. The van der Waals surface area contributed by atoms with Gasteiger partial charge in [0.05, 0.1) is 11.5 Å². The summed E-state index contributed by atoms with van der Waals surface area (Å²) in [6.07, 6.45) is 5.34. The summed E-state index contributed by atoms with van der Waals surface area (Å²) in [7, 11) is 3.36. The number of nitrogens with zero attached hydrogens (tertiary/aromatic N) is 3. The molecular formula is C21H27N3O4S. The molecule has 3 rings (SSSR count). The number of thioether (sulfide) groups is 1. The standard InChI is InChI=1S/C21H27N3O4S/c1-4-27-17-12-15(8-9-16(17)28-14-19(25)23(2)3)13-18-20(26)22-21(29-18)24-10-6-5-7-11-24/h8-9,12-13H,4-7,10-11,14H2,1-3H3/b18-13-. The van der Waals surface area contributed by atoms with Crippen molar-refractivity contribution in [3.8, 4) is 11.5 Å². The van der Waals surface area contributed by atoms with Crippen LogP contribution in [0.2, 0.25) is 0 Å². The fourth-order valence-electron chi connectivity index (χ4n) is 3.04. The lowest BCUT2D eigenvalue weighted by atomic mass is 10.1. The van der Waals surface area contributed by atoms with E-state index in [9.17, 15) is 9.59 Å². The second-order valence-electron chi connectivity index (χ2n) is 7.07. The van der Waals surface area contributed by atoms with Crippen LogP contribution in [0, 0.1) is 0 Å². The molecule has 0 spiro atoms. The van der Waals surface area contributed by atoms with Gasteiger partial charge in [-0.3, -0.25) is 9.59 Å². The van der Waals surface area contributed by atoms with Gasteiger partial charge in [-0.25, -0.2) is 0 Å². The number of carbonyl (C=O) groups excluding carboxylic acids is 2. The topological polar surface area (TPSA) is 71.4 Å². The summed E-state index contributed by atoms with van der Waals surface area (Å²) in [5, 5.41) is 0.799. The van der Waals surface area contributed by atoms with E-state index in [0.717, 1.165) is 36.7 Å². The highest BCUT2D eigenvalue weighted by molar-refractivity contribution is 8.18. The smallest absolute Gasteiger partial charge is 0.286 e. The first-order valence-corrected chi connectivity index (χ1v) is 10.7. The number of likely N-dealkylation sites (tertiary alicyclic amines) is 1. The van der Waals surface area contributed by atoms with Crippen LogP contribution in [0.3, 0.4) is 0 Å². The molecule has 0 N–H and O–H groups in total. The minimum atomic E-state index is -0.203. The highest BCUT2D eigenvalue weighted by Crippen LogP contribution is 2.34. The molecule has 0 aromatic heterocycles. The predicted molar refractivity (Wildman–Crippen MR) is 115 cm³/mol. The highest BCUT2D eigenvalue weighted by Gasteiger charge is 2.27.